The van der Waals surface area contributed by atoms with Crippen LogP contribution in [0.25, 0.3) is 21.9 Å². The molecule has 0 saturated heterocycles. The largest absolute Gasteiger partial charge is 0.481 e. The lowest BCUT2D eigenvalue weighted by Gasteiger charge is -2.10. The summed E-state index contributed by atoms with van der Waals surface area (Å²) in [6.45, 7) is 2.06. The van der Waals surface area contributed by atoms with Crippen LogP contribution in [0, 0.1) is 0 Å². The van der Waals surface area contributed by atoms with Crippen molar-refractivity contribution >= 4 is 27.9 Å². The lowest BCUT2D eigenvalue weighted by atomic mass is 9.95. The highest BCUT2D eigenvalue weighted by Gasteiger charge is 2.11. The lowest BCUT2D eigenvalue weighted by Crippen LogP contribution is -1.99. The maximum Gasteiger partial charge on any atom is 0.303 e. The van der Waals surface area contributed by atoms with E-state index in [2.05, 4.69) is 13.0 Å². The van der Waals surface area contributed by atoms with Crippen LogP contribution in [-0.2, 0) is 4.79 Å². The third-order valence-corrected chi connectivity index (χ3v) is 3.76. The molecule has 0 aliphatic carbocycles. The van der Waals surface area contributed by atoms with Gasteiger partial charge in [0.15, 0.2) is 0 Å². The highest BCUT2D eigenvalue weighted by molar-refractivity contribution is 6.05. The molecule has 0 bridgehead atoms. The van der Waals surface area contributed by atoms with Crippen molar-refractivity contribution in [3.05, 3.63) is 48.0 Å². The Labute approximate surface area is 116 Å². The number of carbonyl (C=O) groups is 1. The summed E-state index contributed by atoms with van der Waals surface area (Å²) in [6, 6.07) is 14.1. The molecule has 1 heterocycles. The second-order valence-corrected chi connectivity index (χ2v) is 5.19. The molecule has 3 heteroatoms. The van der Waals surface area contributed by atoms with E-state index in [9.17, 15) is 4.79 Å². The smallest absolute Gasteiger partial charge is 0.303 e. The summed E-state index contributed by atoms with van der Waals surface area (Å²) >= 11 is 0. The Hall–Kier alpha value is -2.29. The molecule has 2 aromatic carbocycles. The van der Waals surface area contributed by atoms with Gasteiger partial charge in [-0.2, -0.15) is 0 Å². The van der Waals surface area contributed by atoms with Gasteiger partial charge < -0.3 is 9.52 Å². The number of hydrogen-bond donors (Lipinski definition) is 1. The minimum atomic E-state index is -0.744. The predicted molar refractivity (Wildman–Crippen MR) is 79.0 cm³/mol. The predicted octanol–water partition coefficient (Wildman–Crippen LogP) is 4.55. The molecule has 0 fully saturated rings. The number of carboxylic acid groups (broad SMARTS) is 1. The average Bonchev–Trinajstić information content (AvgIpc) is 2.82. The molecule has 1 atom stereocenters. The molecule has 3 nitrogen and oxygen atoms in total. The van der Waals surface area contributed by atoms with Gasteiger partial charge >= 0.3 is 5.97 Å². The van der Waals surface area contributed by atoms with Crippen molar-refractivity contribution < 1.29 is 14.3 Å². The fraction of sp³-hybridized carbons (Fsp3) is 0.235. The third kappa shape index (κ3) is 2.27. The van der Waals surface area contributed by atoms with Gasteiger partial charge in [-0.05, 0) is 36.1 Å². The van der Waals surface area contributed by atoms with Gasteiger partial charge in [-0.3, -0.25) is 4.79 Å². The van der Waals surface area contributed by atoms with E-state index in [0.717, 1.165) is 27.5 Å². The van der Waals surface area contributed by atoms with Crippen LogP contribution in [0.15, 0.2) is 46.9 Å². The number of aliphatic carboxylic acids is 1. The summed E-state index contributed by atoms with van der Waals surface area (Å²) in [5.74, 6) is -0.518. The van der Waals surface area contributed by atoms with Crippen LogP contribution in [-0.4, -0.2) is 11.1 Å². The molecular weight excluding hydrogens is 252 g/mol. The van der Waals surface area contributed by atoms with Gasteiger partial charge in [-0.25, -0.2) is 0 Å². The molecular formula is C17H16O3. The number of hydrogen-bond acceptors (Lipinski definition) is 2. The quantitative estimate of drug-likeness (QED) is 0.755. The molecule has 1 N–H and O–H groups in total. The van der Waals surface area contributed by atoms with Crippen molar-refractivity contribution in [2.24, 2.45) is 0 Å². The van der Waals surface area contributed by atoms with E-state index in [-0.39, 0.29) is 12.3 Å². The first kappa shape index (κ1) is 12.7. The van der Waals surface area contributed by atoms with E-state index in [1.54, 1.807) is 0 Å². The van der Waals surface area contributed by atoms with E-state index >= 15 is 0 Å². The van der Waals surface area contributed by atoms with Gasteiger partial charge in [0.1, 0.15) is 11.2 Å². The molecule has 102 valence electrons. The Bertz CT molecular complexity index is 770. The maximum atomic E-state index is 10.7. The fourth-order valence-corrected chi connectivity index (χ4v) is 2.56. The van der Waals surface area contributed by atoms with Crippen molar-refractivity contribution in [3.63, 3.8) is 0 Å². The first-order valence-electron chi connectivity index (χ1n) is 6.78. The second-order valence-electron chi connectivity index (χ2n) is 5.19. The zero-order chi connectivity index (χ0) is 14.1. The summed E-state index contributed by atoms with van der Waals surface area (Å²) in [5.41, 5.74) is 2.92. The van der Waals surface area contributed by atoms with Crippen molar-refractivity contribution in [3.8, 4) is 0 Å². The number of fused-ring (bicyclic) bond motifs is 3. The standard InChI is InChI=1S/C17H16O3/c1-11(6-9-17(18)19)12-7-8-16-14(10-12)13-4-2-3-5-15(13)20-16/h2-5,7-8,10-11H,6,9H2,1H3,(H,18,19). The van der Waals surface area contributed by atoms with Gasteiger partial charge in [0.25, 0.3) is 0 Å². The van der Waals surface area contributed by atoms with E-state index < -0.39 is 5.97 Å². The fourth-order valence-electron chi connectivity index (χ4n) is 2.56. The van der Waals surface area contributed by atoms with Crippen molar-refractivity contribution in [1.82, 2.24) is 0 Å². The second kappa shape index (κ2) is 5.00. The van der Waals surface area contributed by atoms with Gasteiger partial charge in [0.2, 0.25) is 0 Å². The zero-order valence-electron chi connectivity index (χ0n) is 11.3. The number of carboxylic acids is 1. The Balaban J connectivity index is 2.01. The molecule has 1 unspecified atom stereocenters. The van der Waals surface area contributed by atoms with Crippen molar-refractivity contribution in [2.75, 3.05) is 0 Å². The van der Waals surface area contributed by atoms with Crippen LogP contribution in [0.3, 0.4) is 0 Å². The van der Waals surface area contributed by atoms with Crippen LogP contribution in [0.1, 0.15) is 31.2 Å². The van der Waals surface area contributed by atoms with Crippen LogP contribution in [0.2, 0.25) is 0 Å². The molecule has 3 aromatic rings. The Morgan fingerprint density at radius 3 is 2.70 bits per heavy atom. The van der Waals surface area contributed by atoms with E-state index in [0.29, 0.717) is 6.42 Å². The summed E-state index contributed by atoms with van der Waals surface area (Å²) in [6.07, 6.45) is 0.849. The monoisotopic (exact) mass is 268 g/mol. The number of para-hydroxylation sites is 1. The number of benzene rings is 2. The van der Waals surface area contributed by atoms with Crippen LogP contribution >= 0.6 is 0 Å². The topological polar surface area (TPSA) is 50.4 Å². The molecule has 0 aliphatic heterocycles. The van der Waals surface area contributed by atoms with Gasteiger partial charge in [0, 0.05) is 17.2 Å². The maximum absolute atomic E-state index is 10.7. The van der Waals surface area contributed by atoms with Crippen molar-refractivity contribution in [2.45, 2.75) is 25.7 Å². The minimum absolute atomic E-state index is 0.200. The molecule has 0 radical (unpaired) electrons. The minimum Gasteiger partial charge on any atom is -0.481 e. The summed E-state index contributed by atoms with van der Waals surface area (Å²) in [4.78, 5) is 10.7. The molecule has 0 saturated carbocycles. The van der Waals surface area contributed by atoms with Gasteiger partial charge in [0.05, 0.1) is 0 Å². The first-order chi connectivity index (χ1) is 9.65. The average molecular weight is 268 g/mol. The van der Waals surface area contributed by atoms with Crippen molar-refractivity contribution in [1.29, 1.82) is 0 Å². The lowest BCUT2D eigenvalue weighted by molar-refractivity contribution is -0.137. The highest BCUT2D eigenvalue weighted by Crippen LogP contribution is 2.31. The molecule has 20 heavy (non-hydrogen) atoms. The highest BCUT2D eigenvalue weighted by atomic mass is 16.4. The number of rotatable bonds is 4. The number of furan rings is 1. The van der Waals surface area contributed by atoms with Crippen LogP contribution in [0.4, 0.5) is 0 Å². The summed E-state index contributed by atoms with van der Waals surface area (Å²) in [7, 11) is 0. The van der Waals surface area contributed by atoms with Gasteiger partial charge in [-0.15, -0.1) is 0 Å². The third-order valence-electron chi connectivity index (χ3n) is 3.76. The Morgan fingerprint density at radius 2 is 1.90 bits per heavy atom. The summed E-state index contributed by atoms with van der Waals surface area (Å²) in [5, 5.41) is 11.0. The van der Waals surface area contributed by atoms with Crippen LogP contribution < -0.4 is 0 Å². The Kier molecular flexibility index (Phi) is 3.18. The molecule has 0 spiro atoms. The van der Waals surface area contributed by atoms with Crippen LogP contribution in [0.5, 0.6) is 0 Å². The molecule has 1 aromatic heterocycles. The van der Waals surface area contributed by atoms with Gasteiger partial charge in [-0.1, -0.05) is 31.2 Å². The Morgan fingerprint density at radius 1 is 1.15 bits per heavy atom. The molecule has 3 rings (SSSR count). The normalized spacial score (nSPS) is 12.8. The zero-order valence-corrected chi connectivity index (χ0v) is 11.3. The first-order valence-corrected chi connectivity index (χ1v) is 6.78. The summed E-state index contributed by atoms with van der Waals surface area (Å²) < 4.78 is 5.79. The van der Waals surface area contributed by atoms with E-state index in [1.165, 1.54) is 0 Å². The van der Waals surface area contributed by atoms with E-state index in [1.807, 2.05) is 36.4 Å². The van der Waals surface area contributed by atoms with E-state index in [4.69, 9.17) is 9.52 Å². The SMILES string of the molecule is CC(CCC(=O)O)c1ccc2oc3ccccc3c2c1. The molecule has 0 aliphatic rings. The molecule has 0 amide bonds.